The Labute approximate surface area is 134 Å². The molecule has 0 aliphatic carbocycles. The molecule has 0 fully saturated rings. The highest BCUT2D eigenvalue weighted by atomic mass is 16.5. The zero-order valence-corrected chi connectivity index (χ0v) is 12.9. The van der Waals surface area contributed by atoms with Gasteiger partial charge in [0.15, 0.2) is 0 Å². The molecule has 8 nitrogen and oxygen atoms in total. The van der Waals surface area contributed by atoms with Crippen LogP contribution in [0.5, 0.6) is 5.75 Å². The summed E-state index contributed by atoms with van der Waals surface area (Å²) in [6.45, 7) is 1.82. The van der Waals surface area contributed by atoms with Gasteiger partial charge in [-0.05, 0) is 31.5 Å². The Kier molecular flexibility index (Phi) is 9.97. The molecule has 0 bridgehead atoms. The second-order valence-corrected chi connectivity index (χ2v) is 4.62. The lowest BCUT2D eigenvalue weighted by Crippen LogP contribution is -2.29. The molecular formula is C15H22N2O6. The zero-order valence-electron chi connectivity index (χ0n) is 12.9. The molecule has 0 saturated heterocycles. The van der Waals surface area contributed by atoms with Crippen LogP contribution in [0.25, 0.3) is 0 Å². The topological polar surface area (TPSA) is 153 Å². The number of benzene rings is 1. The monoisotopic (exact) mass is 326 g/mol. The van der Waals surface area contributed by atoms with E-state index in [2.05, 4.69) is 4.74 Å². The van der Waals surface area contributed by atoms with Crippen molar-refractivity contribution in [1.82, 2.24) is 0 Å². The van der Waals surface area contributed by atoms with Gasteiger partial charge in [-0.25, -0.2) is 4.79 Å². The molecule has 0 unspecified atom stereocenters. The van der Waals surface area contributed by atoms with Crippen LogP contribution in [-0.4, -0.2) is 40.7 Å². The molecule has 1 rings (SSSR count). The van der Waals surface area contributed by atoms with Gasteiger partial charge >= 0.3 is 17.9 Å². The number of esters is 1. The summed E-state index contributed by atoms with van der Waals surface area (Å²) in [5.74, 6) is -2.51. The molecule has 0 amide bonds. The van der Waals surface area contributed by atoms with E-state index in [-0.39, 0.29) is 11.3 Å². The van der Waals surface area contributed by atoms with Crippen LogP contribution >= 0.6 is 0 Å². The van der Waals surface area contributed by atoms with Gasteiger partial charge in [0.05, 0.1) is 0 Å². The number of rotatable bonds is 7. The normalized spacial score (nSPS) is 10.9. The van der Waals surface area contributed by atoms with Crippen molar-refractivity contribution in [3.05, 3.63) is 29.8 Å². The summed E-state index contributed by atoms with van der Waals surface area (Å²) in [5.41, 5.74) is 10.4. The number of nitrogens with two attached hydrogens (primary N) is 2. The van der Waals surface area contributed by atoms with Crippen molar-refractivity contribution in [2.24, 2.45) is 11.5 Å². The Morgan fingerprint density at radius 3 is 2.26 bits per heavy atom. The maximum Gasteiger partial charge on any atom is 0.339 e. The Morgan fingerprint density at radius 1 is 1.17 bits per heavy atom. The van der Waals surface area contributed by atoms with Gasteiger partial charge < -0.3 is 26.4 Å². The Balaban J connectivity index is 0.000000438. The summed E-state index contributed by atoms with van der Waals surface area (Å²) in [6.07, 6.45) is 2.16. The smallest absolute Gasteiger partial charge is 0.339 e. The summed E-state index contributed by atoms with van der Waals surface area (Å²) in [6, 6.07) is 5.26. The minimum Gasteiger partial charge on any atom is -0.480 e. The first kappa shape index (κ1) is 20.6. The summed E-state index contributed by atoms with van der Waals surface area (Å²) < 4.78 is 4.69. The van der Waals surface area contributed by atoms with Gasteiger partial charge in [0, 0.05) is 6.92 Å². The fourth-order valence-electron chi connectivity index (χ4n) is 1.52. The fourth-order valence-corrected chi connectivity index (χ4v) is 1.52. The van der Waals surface area contributed by atoms with Crippen LogP contribution in [-0.2, 0) is 9.59 Å². The Hall–Kier alpha value is -2.45. The van der Waals surface area contributed by atoms with Gasteiger partial charge in [-0.15, -0.1) is 0 Å². The standard InChI is InChI=1S/C9H8O4.C6H14N2O2/c1-6(10)13-8-5-3-2-4-7(8)9(11)12;7-4-2-1-3-5(8)6(9)10/h2-5H,1H3,(H,11,12);5H,1-4,7-8H2,(H,9,10)/t;5-/m.0/s1. The molecular weight excluding hydrogens is 304 g/mol. The van der Waals surface area contributed by atoms with E-state index in [1.165, 1.54) is 19.1 Å². The van der Waals surface area contributed by atoms with E-state index in [1.54, 1.807) is 12.1 Å². The highest BCUT2D eigenvalue weighted by molar-refractivity contribution is 5.91. The first-order valence-electron chi connectivity index (χ1n) is 6.98. The predicted molar refractivity (Wildman–Crippen MR) is 83.2 cm³/mol. The molecule has 1 atom stereocenters. The van der Waals surface area contributed by atoms with Crippen LogP contribution < -0.4 is 16.2 Å². The number of carboxylic acid groups (broad SMARTS) is 2. The number of carbonyl (C=O) groups excluding carboxylic acids is 1. The first-order valence-corrected chi connectivity index (χ1v) is 6.98. The van der Waals surface area contributed by atoms with Crippen LogP contribution in [0.3, 0.4) is 0 Å². The average Bonchev–Trinajstić information content (AvgIpc) is 2.47. The lowest BCUT2D eigenvalue weighted by Gasteiger charge is -2.03. The molecule has 0 radical (unpaired) electrons. The van der Waals surface area contributed by atoms with Crippen molar-refractivity contribution in [2.45, 2.75) is 32.2 Å². The maximum absolute atomic E-state index is 10.6. The van der Waals surface area contributed by atoms with E-state index < -0.39 is 23.9 Å². The molecule has 23 heavy (non-hydrogen) atoms. The van der Waals surface area contributed by atoms with Crippen molar-refractivity contribution in [2.75, 3.05) is 6.54 Å². The molecule has 0 aliphatic heterocycles. The summed E-state index contributed by atoms with van der Waals surface area (Å²) in [4.78, 5) is 31.3. The van der Waals surface area contributed by atoms with Crippen molar-refractivity contribution < 1.29 is 29.3 Å². The van der Waals surface area contributed by atoms with Gasteiger partial charge in [-0.1, -0.05) is 18.6 Å². The highest BCUT2D eigenvalue weighted by Gasteiger charge is 2.11. The number of carboxylic acids is 2. The third-order valence-electron chi connectivity index (χ3n) is 2.66. The van der Waals surface area contributed by atoms with Crippen LogP contribution in [0, 0.1) is 0 Å². The number of ether oxygens (including phenoxy) is 1. The molecule has 8 heteroatoms. The van der Waals surface area contributed by atoms with Gasteiger partial charge in [-0.3, -0.25) is 9.59 Å². The largest absolute Gasteiger partial charge is 0.480 e. The van der Waals surface area contributed by atoms with Crippen LogP contribution in [0.15, 0.2) is 24.3 Å². The van der Waals surface area contributed by atoms with E-state index in [0.717, 1.165) is 12.8 Å². The number of para-hydroxylation sites is 1. The lowest BCUT2D eigenvalue weighted by molar-refractivity contribution is -0.138. The predicted octanol–water partition coefficient (Wildman–Crippen LogP) is 0.837. The first-order chi connectivity index (χ1) is 10.8. The molecule has 0 spiro atoms. The molecule has 0 heterocycles. The van der Waals surface area contributed by atoms with Crippen molar-refractivity contribution >= 4 is 17.9 Å². The van der Waals surface area contributed by atoms with Crippen molar-refractivity contribution in [1.29, 1.82) is 0 Å². The Bertz CT molecular complexity index is 532. The highest BCUT2D eigenvalue weighted by Crippen LogP contribution is 2.17. The number of aliphatic carboxylic acids is 1. The maximum atomic E-state index is 10.6. The van der Waals surface area contributed by atoms with E-state index in [1.807, 2.05) is 0 Å². The van der Waals surface area contributed by atoms with Gasteiger partial charge in [-0.2, -0.15) is 0 Å². The van der Waals surface area contributed by atoms with E-state index in [0.29, 0.717) is 13.0 Å². The number of hydrogen-bond acceptors (Lipinski definition) is 6. The SMILES string of the molecule is CC(=O)Oc1ccccc1C(=O)O.NCCCC[C@H](N)C(=O)O. The lowest BCUT2D eigenvalue weighted by atomic mass is 10.1. The number of aromatic carboxylic acids is 1. The van der Waals surface area contributed by atoms with E-state index in [9.17, 15) is 14.4 Å². The third-order valence-corrected chi connectivity index (χ3v) is 2.66. The van der Waals surface area contributed by atoms with Gasteiger partial charge in [0.1, 0.15) is 17.4 Å². The van der Waals surface area contributed by atoms with Crippen LogP contribution in [0.4, 0.5) is 0 Å². The average molecular weight is 326 g/mol. The minimum absolute atomic E-state index is 0.0160. The fraction of sp³-hybridized carbons (Fsp3) is 0.400. The van der Waals surface area contributed by atoms with Crippen molar-refractivity contribution in [3.63, 3.8) is 0 Å². The van der Waals surface area contributed by atoms with Crippen LogP contribution in [0.1, 0.15) is 36.5 Å². The number of carbonyl (C=O) groups is 3. The van der Waals surface area contributed by atoms with Crippen molar-refractivity contribution in [3.8, 4) is 5.75 Å². The number of unbranched alkanes of at least 4 members (excludes halogenated alkanes) is 1. The summed E-state index contributed by atoms with van der Waals surface area (Å²) in [5, 5.41) is 17.0. The Morgan fingerprint density at radius 2 is 1.78 bits per heavy atom. The number of hydrogen-bond donors (Lipinski definition) is 4. The quantitative estimate of drug-likeness (QED) is 0.326. The summed E-state index contributed by atoms with van der Waals surface area (Å²) in [7, 11) is 0. The molecule has 1 aromatic carbocycles. The summed E-state index contributed by atoms with van der Waals surface area (Å²) >= 11 is 0. The van der Waals surface area contributed by atoms with E-state index in [4.69, 9.17) is 21.7 Å². The minimum atomic E-state index is -1.11. The molecule has 128 valence electrons. The molecule has 0 aromatic heterocycles. The van der Waals surface area contributed by atoms with Gasteiger partial charge in [0.25, 0.3) is 0 Å². The van der Waals surface area contributed by atoms with E-state index >= 15 is 0 Å². The molecule has 0 aliphatic rings. The second-order valence-electron chi connectivity index (χ2n) is 4.62. The van der Waals surface area contributed by atoms with Gasteiger partial charge in [0.2, 0.25) is 0 Å². The molecule has 0 saturated carbocycles. The zero-order chi connectivity index (χ0) is 17.8. The molecule has 1 aromatic rings. The second kappa shape index (κ2) is 11.2. The molecule has 6 N–H and O–H groups in total. The van der Waals surface area contributed by atoms with Crippen LogP contribution in [0.2, 0.25) is 0 Å². The third kappa shape index (κ3) is 9.22.